The lowest BCUT2D eigenvalue weighted by Crippen LogP contribution is -1.96. The Kier molecular flexibility index (Phi) is 3.72. The van der Waals surface area contributed by atoms with Crippen molar-refractivity contribution >= 4 is 12.0 Å². The molecule has 16 heavy (non-hydrogen) atoms. The van der Waals surface area contributed by atoms with E-state index in [9.17, 15) is 4.79 Å². The molecule has 3 nitrogen and oxygen atoms in total. The van der Waals surface area contributed by atoms with E-state index in [-0.39, 0.29) is 0 Å². The van der Waals surface area contributed by atoms with E-state index in [2.05, 4.69) is 0 Å². The van der Waals surface area contributed by atoms with Gasteiger partial charge >= 0.3 is 5.97 Å². The van der Waals surface area contributed by atoms with Gasteiger partial charge in [-0.3, -0.25) is 0 Å². The minimum atomic E-state index is -0.938. The molecule has 86 valence electrons. The van der Waals surface area contributed by atoms with E-state index in [1.807, 2.05) is 26.8 Å². The molecule has 0 radical (unpaired) electrons. The maximum atomic E-state index is 10.5. The first-order chi connectivity index (χ1) is 7.47. The normalized spacial score (nSPS) is 10.8. The van der Waals surface area contributed by atoms with Gasteiger partial charge in [0.05, 0.1) is 7.11 Å². The molecule has 1 rings (SSSR count). The first-order valence-corrected chi connectivity index (χ1v) is 5.03. The number of carboxylic acids is 1. The number of rotatable bonds is 3. The molecule has 0 spiro atoms. The third-order valence-corrected chi connectivity index (χ3v) is 2.72. The van der Waals surface area contributed by atoms with Gasteiger partial charge in [-0.1, -0.05) is 0 Å². The molecule has 0 heterocycles. The summed E-state index contributed by atoms with van der Waals surface area (Å²) in [5.41, 5.74) is 4.05. The molecule has 0 saturated carbocycles. The van der Waals surface area contributed by atoms with Gasteiger partial charge in [0, 0.05) is 6.08 Å². The molecule has 1 aromatic carbocycles. The Morgan fingerprint density at radius 3 is 2.44 bits per heavy atom. The number of methoxy groups -OCH3 is 1. The average Bonchev–Trinajstić information content (AvgIpc) is 2.22. The molecule has 3 heteroatoms. The van der Waals surface area contributed by atoms with Crippen LogP contribution in [0.25, 0.3) is 6.08 Å². The van der Waals surface area contributed by atoms with Crippen molar-refractivity contribution in [2.45, 2.75) is 20.8 Å². The van der Waals surface area contributed by atoms with Gasteiger partial charge in [0.2, 0.25) is 0 Å². The number of aryl methyl sites for hydroxylation is 1. The molecule has 0 aromatic heterocycles. The monoisotopic (exact) mass is 220 g/mol. The Morgan fingerprint density at radius 2 is 1.94 bits per heavy atom. The van der Waals surface area contributed by atoms with E-state index in [0.29, 0.717) is 0 Å². The van der Waals surface area contributed by atoms with Crippen LogP contribution < -0.4 is 4.74 Å². The maximum Gasteiger partial charge on any atom is 0.328 e. The van der Waals surface area contributed by atoms with Gasteiger partial charge in [0.15, 0.2) is 0 Å². The zero-order valence-electron chi connectivity index (χ0n) is 10.00. The summed E-state index contributed by atoms with van der Waals surface area (Å²) < 4.78 is 5.25. The van der Waals surface area contributed by atoms with Gasteiger partial charge in [-0.2, -0.15) is 0 Å². The van der Waals surface area contributed by atoms with E-state index in [1.54, 1.807) is 13.2 Å². The maximum absolute atomic E-state index is 10.5. The Morgan fingerprint density at radius 1 is 1.31 bits per heavy atom. The van der Waals surface area contributed by atoms with Crippen LogP contribution in [0.2, 0.25) is 0 Å². The number of hydrogen-bond donors (Lipinski definition) is 1. The summed E-state index contributed by atoms with van der Waals surface area (Å²) in [5, 5.41) is 8.62. The molecule has 0 fully saturated rings. The summed E-state index contributed by atoms with van der Waals surface area (Å²) in [5.74, 6) is -0.102. The van der Waals surface area contributed by atoms with E-state index >= 15 is 0 Å². The van der Waals surface area contributed by atoms with Crippen LogP contribution in [0.5, 0.6) is 5.75 Å². The van der Waals surface area contributed by atoms with Crippen LogP contribution in [0.3, 0.4) is 0 Å². The second kappa shape index (κ2) is 4.84. The number of carboxylic acid groups (broad SMARTS) is 1. The fourth-order valence-corrected chi connectivity index (χ4v) is 1.69. The smallest absolute Gasteiger partial charge is 0.328 e. The molecule has 0 amide bonds. The molecule has 0 aliphatic carbocycles. The van der Waals surface area contributed by atoms with Crippen LogP contribution in [0, 0.1) is 20.8 Å². The zero-order chi connectivity index (χ0) is 12.3. The van der Waals surface area contributed by atoms with Gasteiger partial charge in [0.1, 0.15) is 5.75 Å². The van der Waals surface area contributed by atoms with Crippen molar-refractivity contribution in [1.82, 2.24) is 0 Å². The second-order valence-electron chi connectivity index (χ2n) is 3.73. The van der Waals surface area contributed by atoms with Gasteiger partial charge in [0.25, 0.3) is 0 Å². The summed E-state index contributed by atoms with van der Waals surface area (Å²) >= 11 is 0. The number of aliphatic carboxylic acids is 1. The fourth-order valence-electron chi connectivity index (χ4n) is 1.69. The topological polar surface area (TPSA) is 46.5 Å². The molecule has 0 aliphatic rings. The second-order valence-corrected chi connectivity index (χ2v) is 3.73. The Balaban J connectivity index is 3.30. The Hall–Kier alpha value is -1.77. The summed E-state index contributed by atoms with van der Waals surface area (Å²) in [6.07, 6.45) is 2.78. The molecule has 0 atom stereocenters. The quantitative estimate of drug-likeness (QED) is 0.797. The van der Waals surface area contributed by atoms with Crippen LogP contribution in [-0.2, 0) is 4.79 Å². The number of hydrogen-bond acceptors (Lipinski definition) is 2. The summed E-state index contributed by atoms with van der Waals surface area (Å²) in [6, 6.07) is 1.92. The SMILES string of the molecule is COc1cc(C)c(/C=C/C(=O)O)c(C)c1C. The Bertz CT molecular complexity index is 445. The minimum absolute atomic E-state index is 0.836. The van der Waals surface area contributed by atoms with Crippen LogP contribution in [0.15, 0.2) is 12.1 Å². The summed E-state index contributed by atoms with van der Waals surface area (Å²) in [4.78, 5) is 10.5. The number of carbonyl (C=O) groups is 1. The van der Waals surface area contributed by atoms with Crippen molar-refractivity contribution < 1.29 is 14.6 Å². The third-order valence-electron chi connectivity index (χ3n) is 2.72. The highest BCUT2D eigenvalue weighted by Gasteiger charge is 2.08. The van der Waals surface area contributed by atoms with Crippen molar-refractivity contribution in [3.8, 4) is 5.75 Å². The minimum Gasteiger partial charge on any atom is -0.496 e. The van der Waals surface area contributed by atoms with Gasteiger partial charge in [-0.15, -0.1) is 0 Å². The number of ether oxygens (including phenoxy) is 1. The zero-order valence-corrected chi connectivity index (χ0v) is 10.00. The predicted octanol–water partition coefficient (Wildman–Crippen LogP) is 2.72. The first-order valence-electron chi connectivity index (χ1n) is 5.03. The van der Waals surface area contributed by atoms with Crippen LogP contribution >= 0.6 is 0 Å². The fraction of sp³-hybridized carbons (Fsp3) is 0.308. The average molecular weight is 220 g/mol. The highest BCUT2D eigenvalue weighted by molar-refractivity contribution is 5.86. The van der Waals surface area contributed by atoms with Crippen molar-refractivity contribution in [3.05, 3.63) is 34.4 Å². The van der Waals surface area contributed by atoms with Crippen molar-refractivity contribution in [2.75, 3.05) is 7.11 Å². The van der Waals surface area contributed by atoms with E-state index in [1.165, 1.54) is 0 Å². The van der Waals surface area contributed by atoms with Crippen molar-refractivity contribution in [2.24, 2.45) is 0 Å². The lowest BCUT2D eigenvalue weighted by Gasteiger charge is -2.13. The van der Waals surface area contributed by atoms with Crippen molar-refractivity contribution in [3.63, 3.8) is 0 Å². The van der Waals surface area contributed by atoms with Crippen LogP contribution in [0.1, 0.15) is 22.3 Å². The van der Waals surface area contributed by atoms with Crippen molar-refractivity contribution in [1.29, 1.82) is 0 Å². The predicted molar refractivity (Wildman–Crippen MR) is 63.9 cm³/mol. The molecule has 1 N–H and O–H groups in total. The molecule has 0 saturated heterocycles. The van der Waals surface area contributed by atoms with Gasteiger partial charge in [-0.05, 0) is 55.2 Å². The highest BCUT2D eigenvalue weighted by atomic mass is 16.5. The standard InChI is InChI=1S/C13H16O3/c1-8-7-12(16-4)10(3)9(2)11(8)5-6-13(14)15/h5-7H,1-4H3,(H,14,15)/b6-5+. The molecular formula is C13H16O3. The van der Waals surface area contributed by atoms with Gasteiger partial charge in [-0.25, -0.2) is 4.79 Å². The summed E-state index contributed by atoms with van der Waals surface area (Å²) in [6.45, 7) is 5.87. The largest absolute Gasteiger partial charge is 0.496 e. The molecule has 1 aromatic rings. The van der Waals surface area contributed by atoms with Crippen LogP contribution in [-0.4, -0.2) is 18.2 Å². The Labute approximate surface area is 95.4 Å². The molecule has 0 bridgehead atoms. The van der Waals surface area contributed by atoms with E-state index in [0.717, 1.165) is 34.1 Å². The highest BCUT2D eigenvalue weighted by Crippen LogP contribution is 2.28. The van der Waals surface area contributed by atoms with Gasteiger partial charge < -0.3 is 9.84 Å². The third kappa shape index (κ3) is 2.42. The summed E-state index contributed by atoms with van der Waals surface area (Å²) in [7, 11) is 1.63. The first kappa shape index (κ1) is 12.3. The molecular weight excluding hydrogens is 204 g/mol. The van der Waals surface area contributed by atoms with E-state index < -0.39 is 5.97 Å². The lowest BCUT2D eigenvalue weighted by atomic mass is 9.97. The molecule has 0 unspecified atom stereocenters. The van der Waals surface area contributed by atoms with E-state index in [4.69, 9.17) is 9.84 Å². The van der Waals surface area contributed by atoms with Crippen LogP contribution in [0.4, 0.5) is 0 Å². The lowest BCUT2D eigenvalue weighted by molar-refractivity contribution is -0.131. The number of benzene rings is 1. The molecule has 0 aliphatic heterocycles.